The van der Waals surface area contributed by atoms with Crippen molar-refractivity contribution in [3.8, 4) is 11.6 Å². The minimum atomic E-state index is -3.81. The Bertz CT molecular complexity index is 1590. The van der Waals surface area contributed by atoms with E-state index in [0.29, 0.717) is 37.3 Å². The molecule has 2 saturated heterocycles. The third-order valence-corrected chi connectivity index (χ3v) is 11.3. The average Bonchev–Trinajstić information content (AvgIpc) is 3.90. The van der Waals surface area contributed by atoms with E-state index < -0.39 is 50.7 Å². The summed E-state index contributed by atoms with van der Waals surface area (Å²) in [7, 11) is -2.21. The summed E-state index contributed by atoms with van der Waals surface area (Å²) in [6.07, 6.45) is 5.47. The molecule has 2 N–H and O–H groups in total. The van der Waals surface area contributed by atoms with Crippen LogP contribution in [-0.2, 0) is 24.4 Å². The molecule has 3 amide bonds. The minimum Gasteiger partial charge on any atom is -0.497 e. The smallest absolute Gasteiger partial charge is 0.259 e. The summed E-state index contributed by atoms with van der Waals surface area (Å²) in [6.45, 7) is 7.76. The summed E-state index contributed by atoms with van der Waals surface area (Å²) >= 11 is 0. The lowest BCUT2D eigenvalue weighted by Crippen LogP contribution is -2.59. The highest BCUT2D eigenvalue weighted by Crippen LogP contribution is 2.46. The minimum absolute atomic E-state index is 0.0881. The lowest BCUT2D eigenvalue weighted by atomic mass is 9.84. The third kappa shape index (κ3) is 5.23. The molecule has 1 aromatic carbocycles. The zero-order valence-corrected chi connectivity index (χ0v) is 25.4. The summed E-state index contributed by atoms with van der Waals surface area (Å²) in [6, 6.07) is 6.19. The van der Waals surface area contributed by atoms with E-state index in [1.807, 2.05) is 38.1 Å². The number of nitrogens with zero attached hydrogens (tertiary/aromatic N) is 2. The predicted molar refractivity (Wildman–Crippen MR) is 159 cm³/mol. The number of fused-ring (bicyclic) bond motifs is 2. The molecule has 0 radical (unpaired) electrons. The molecule has 0 unspecified atom stereocenters. The van der Waals surface area contributed by atoms with E-state index in [9.17, 15) is 22.8 Å². The first kappa shape index (κ1) is 29.4. The topological polar surface area (TPSA) is 144 Å². The van der Waals surface area contributed by atoms with E-state index in [0.717, 1.165) is 10.8 Å². The van der Waals surface area contributed by atoms with Crippen LogP contribution in [-0.4, -0.2) is 72.1 Å². The Kier molecular flexibility index (Phi) is 7.38. The van der Waals surface area contributed by atoms with E-state index in [2.05, 4.69) is 21.6 Å². The number of pyridine rings is 1. The number of sulfonamides is 1. The highest BCUT2D eigenvalue weighted by Gasteiger charge is 2.62. The van der Waals surface area contributed by atoms with Gasteiger partial charge in [-0.25, -0.2) is 13.4 Å². The molecule has 11 nitrogen and oxygen atoms in total. The number of nitrogens with one attached hydrogen (secondary N) is 2. The van der Waals surface area contributed by atoms with Crippen LogP contribution in [0.4, 0.5) is 0 Å². The fraction of sp³-hybridized carbons (Fsp3) is 0.548. The highest BCUT2D eigenvalue weighted by atomic mass is 32.2. The quantitative estimate of drug-likeness (QED) is 0.391. The Morgan fingerprint density at radius 3 is 2.60 bits per heavy atom. The molecule has 230 valence electrons. The Balaban J connectivity index is 1.27. The van der Waals surface area contributed by atoms with Gasteiger partial charge in [-0.1, -0.05) is 19.9 Å². The van der Waals surface area contributed by atoms with Crippen LogP contribution >= 0.6 is 0 Å². The fourth-order valence-corrected chi connectivity index (χ4v) is 8.06. The lowest BCUT2D eigenvalue weighted by molar-refractivity contribution is -0.149. The van der Waals surface area contributed by atoms with Crippen molar-refractivity contribution in [2.45, 2.75) is 81.3 Å². The Morgan fingerprint density at radius 2 is 1.95 bits per heavy atom. The SMILES string of the molecule is C=C[C@@H]1C[C@]1(NC(=O)[C@@H]1C[C@@H](Oc2nccc3cc(OC)ccc23)[C@H]2CC[C@H](C(C)C)C(=O)N21)C(=O)NS(=O)(=O)C1CC1. The van der Waals surface area contributed by atoms with Gasteiger partial charge in [0, 0.05) is 29.8 Å². The highest BCUT2D eigenvalue weighted by molar-refractivity contribution is 7.91. The van der Waals surface area contributed by atoms with Gasteiger partial charge < -0.3 is 19.7 Å². The number of piperidine rings is 1. The lowest BCUT2D eigenvalue weighted by Gasteiger charge is -2.40. The molecule has 4 fully saturated rings. The number of methoxy groups -OCH3 is 1. The van der Waals surface area contributed by atoms with Crippen LogP contribution in [0.15, 0.2) is 43.1 Å². The number of hydrogen-bond acceptors (Lipinski definition) is 8. The number of carbonyl (C=O) groups is 3. The van der Waals surface area contributed by atoms with Gasteiger partial charge in [0.1, 0.15) is 23.4 Å². The summed E-state index contributed by atoms with van der Waals surface area (Å²) < 4.78 is 39.1. The van der Waals surface area contributed by atoms with Crippen LogP contribution in [0.1, 0.15) is 52.4 Å². The molecule has 2 aromatic rings. The zero-order valence-electron chi connectivity index (χ0n) is 24.6. The molecule has 6 rings (SSSR count). The number of ether oxygens (including phenoxy) is 2. The van der Waals surface area contributed by atoms with E-state index in [1.165, 1.54) is 0 Å². The van der Waals surface area contributed by atoms with E-state index in [-0.39, 0.29) is 36.6 Å². The monoisotopic (exact) mass is 610 g/mol. The van der Waals surface area contributed by atoms with Crippen molar-refractivity contribution in [3.05, 3.63) is 43.1 Å². The largest absolute Gasteiger partial charge is 0.497 e. The number of rotatable bonds is 10. The van der Waals surface area contributed by atoms with Crippen LogP contribution in [0.25, 0.3) is 10.8 Å². The van der Waals surface area contributed by atoms with Gasteiger partial charge in [0.25, 0.3) is 5.91 Å². The van der Waals surface area contributed by atoms with Gasteiger partial charge in [-0.05, 0) is 67.7 Å². The summed E-state index contributed by atoms with van der Waals surface area (Å²) in [5.41, 5.74) is -1.43. The van der Waals surface area contributed by atoms with Crippen molar-refractivity contribution in [2.75, 3.05) is 7.11 Å². The Morgan fingerprint density at radius 1 is 1.19 bits per heavy atom. The van der Waals surface area contributed by atoms with Gasteiger partial charge >= 0.3 is 0 Å². The average molecular weight is 611 g/mol. The van der Waals surface area contributed by atoms with Crippen molar-refractivity contribution >= 4 is 38.5 Å². The van der Waals surface area contributed by atoms with Gasteiger partial charge in [-0.2, -0.15) is 0 Å². The standard InChI is InChI=1S/C31H38N4O7S/c1-5-19-16-31(19,30(38)34-43(39,40)21-7-8-21)33-27(36)25-15-26(24-11-10-22(17(2)3)29(37)35(24)25)42-28-23-9-6-20(41-4)14-18(23)12-13-32-28/h5-6,9,12-14,17,19,21-22,24-26H,1,7-8,10-11,15-16H2,2-4H3,(H,33,36)(H,34,38)/t19-,22-,24-,25+,26-,31-/m1/s1. The molecule has 43 heavy (non-hydrogen) atoms. The van der Waals surface area contributed by atoms with Crippen LogP contribution in [0.5, 0.6) is 11.6 Å². The van der Waals surface area contributed by atoms with Gasteiger partial charge in [0.15, 0.2) is 0 Å². The maximum Gasteiger partial charge on any atom is 0.259 e. The zero-order chi connectivity index (χ0) is 30.7. The molecule has 2 saturated carbocycles. The molecule has 1 aromatic heterocycles. The molecular weight excluding hydrogens is 572 g/mol. The second-order valence-corrected chi connectivity index (χ2v) is 14.5. The maximum atomic E-state index is 14.0. The van der Waals surface area contributed by atoms with Gasteiger partial charge in [0.2, 0.25) is 27.7 Å². The normalized spacial score (nSPS) is 30.1. The van der Waals surface area contributed by atoms with Gasteiger partial charge in [-0.15, -0.1) is 6.58 Å². The van der Waals surface area contributed by atoms with Crippen LogP contribution < -0.4 is 19.5 Å². The van der Waals surface area contributed by atoms with Crippen molar-refractivity contribution in [2.24, 2.45) is 17.8 Å². The van der Waals surface area contributed by atoms with Gasteiger partial charge in [-0.3, -0.25) is 19.1 Å². The summed E-state index contributed by atoms with van der Waals surface area (Å²) in [5, 5.41) is 3.93. The first-order valence-electron chi connectivity index (χ1n) is 14.9. The van der Waals surface area contributed by atoms with Crippen molar-refractivity contribution in [1.29, 1.82) is 0 Å². The second-order valence-electron chi connectivity index (χ2n) is 12.5. The first-order valence-corrected chi connectivity index (χ1v) is 16.5. The fourth-order valence-electron chi connectivity index (χ4n) is 6.70. The number of carbonyl (C=O) groups excluding carboxylic acids is 3. The number of benzene rings is 1. The molecule has 0 spiro atoms. The van der Waals surface area contributed by atoms with E-state index in [4.69, 9.17) is 9.47 Å². The molecule has 0 bridgehead atoms. The second kappa shape index (κ2) is 10.8. The molecule has 3 heterocycles. The maximum absolute atomic E-state index is 14.0. The number of hydrogen-bond donors (Lipinski definition) is 2. The van der Waals surface area contributed by atoms with E-state index in [1.54, 1.807) is 24.3 Å². The van der Waals surface area contributed by atoms with E-state index >= 15 is 0 Å². The molecule has 4 aliphatic rings. The van der Waals surface area contributed by atoms with Crippen LogP contribution in [0.3, 0.4) is 0 Å². The third-order valence-electron chi connectivity index (χ3n) is 9.48. The van der Waals surface area contributed by atoms with Gasteiger partial charge in [0.05, 0.1) is 18.4 Å². The molecule has 2 aliphatic carbocycles. The number of amides is 3. The molecule has 2 aliphatic heterocycles. The predicted octanol–water partition coefficient (Wildman–Crippen LogP) is 2.70. The summed E-state index contributed by atoms with van der Waals surface area (Å²) in [4.78, 5) is 47.2. The first-order chi connectivity index (χ1) is 20.5. The number of aromatic nitrogens is 1. The Hall–Kier alpha value is -3.67. The van der Waals surface area contributed by atoms with Crippen molar-refractivity contribution < 1.29 is 32.3 Å². The summed E-state index contributed by atoms with van der Waals surface area (Å²) in [5.74, 6) is -0.854. The van der Waals surface area contributed by atoms with Crippen LogP contribution in [0.2, 0.25) is 0 Å². The van der Waals surface area contributed by atoms with Crippen molar-refractivity contribution in [3.63, 3.8) is 0 Å². The molecule has 12 heteroatoms. The molecular formula is C31H38N4O7S. The van der Waals surface area contributed by atoms with Crippen LogP contribution in [0, 0.1) is 17.8 Å². The van der Waals surface area contributed by atoms with Crippen molar-refractivity contribution in [1.82, 2.24) is 19.9 Å². The molecule has 6 atom stereocenters. The Labute approximate surface area is 251 Å².